The number of aromatic nitrogens is 2. The normalized spacial score (nSPS) is 16.8. The van der Waals surface area contributed by atoms with Crippen LogP contribution in [0.15, 0.2) is 11.1 Å². The molecule has 1 saturated heterocycles. The van der Waals surface area contributed by atoms with E-state index in [0.717, 1.165) is 37.7 Å². The van der Waals surface area contributed by atoms with Gasteiger partial charge in [-0.3, -0.25) is 9.67 Å². The maximum absolute atomic E-state index is 4.50. The summed E-state index contributed by atoms with van der Waals surface area (Å²) in [7, 11) is 4.04. The molecule has 1 aromatic rings. The molecule has 0 spiro atoms. The van der Waals surface area contributed by atoms with Crippen LogP contribution in [0.25, 0.3) is 0 Å². The summed E-state index contributed by atoms with van der Waals surface area (Å²) in [5.41, 5.74) is 2.31. The maximum atomic E-state index is 4.50. The molecule has 0 saturated carbocycles. The quantitative estimate of drug-likeness (QED) is 0.391. The average Bonchev–Trinajstić information content (AvgIpc) is 2.95. The number of unbranched alkanes of at least 4 members (excludes halogenated alkanes) is 1. The molecule has 0 aromatic carbocycles. The first-order valence-corrected chi connectivity index (χ1v) is 9.95. The first-order valence-electron chi connectivity index (χ1n) is 9.95. The Hall–Kier alpha value is -1.60. The molecule has 26 heavy (non-hydrogen) atoms. The highest BCUT2D eigenvalue weighted by Crippen LogP contribution is 2.02. The molecule has 7 heteroatoms. The van der Waals surface area contributed by atoms with Crippen LogP contribution in [-0.4, -0.2) is 85.4 Å². The van der Waals surface area contributed by atoms with Gasteiger partial charge in [0.2, 0.25) is 0 Å². The van der Waals surface area contributed by atoms with Gasteiger partial charge in [0.1, 0.15) is 0 Å². The van der Waals surface area contributed by atoms with Gasteiger partial charge in [-0.2, -0.15) is 5.10 Å². The number of aryl methyl sites for hydroxylation is 3. The van der Waals surface area contributed by atoms with Crippen molar-refractivity contribution >= 4 is 5.96 Å². The zero-order chi connectivity index (χ0) is 18.8. The Morgan fingerprint density at radius 2 is 1.73 bits per heavy atom. The fraction of sp³-hybridized carbons (Fsp3) is 0.789. The number of likely N-dealkylation sites (N-methyl/N-ethyl adjacent to an activating group) is 1. The molecule has 0 aliphatic carbocycles. The first kappa shape index (κ1) is 20.7. The van der Waals surface area contributed by atoms with Crippen LogP contribution in [0.1, 0.15) is 30.7 Å². The predicted molar refractivity (Wildman–Crippen MR) is 109 cm³/mol. The van der Waals surface area contributed by atoms with E-state index in [9.17, 15) is 0 Å². The van der Waals surface area contributed by atoms with Crippen LogP contribution >= 0.6 is 0 Å². The summed E-state index contributed by atoms with van der Waals surface area (Å²) in [5.74, 6) is 0.901. The topological polar surface area (TPSA) is 60.7 Å². The second-order valence-corrected chi connectivity index (χ2v) is 7.28. The van der Waals surface area contributed by atoms with Gasteiger partial charge in [-0.05, 0) is 52.8 Å². The van der Waals surface area contributed by atoms with Crippen molar-refractivity contribution in [1.29, 1.82) is 0 Å². The lowest BCUT2D eigenvalue weighted by Crippen LogP contribution is -2.44. The monoisotopic (exact) mass is 363 g/mol. The molecule has 0 atom stereocenters. The zero-order valence-corrected chi connectivity index (χ0v) is 17.1. The van der Waals surface area contributed by atoms with E-state index < -0.39 is 0 Å². The lowest BCUT2D eigenvalue weighted by Gasteiger charge is -2.32. The third-order valence-electron chi connectivity index (χ3n) is 4.96. The van der Waals surface area contributed by atoms with E-state index in [2.05, 4.69) is 55.2 Å². The van der Waals surface area contributed by atoms with Gasteiger partial charge in [-0.1, -0.05) is 0 Å². The zero-order valence-electron chi connectivity index (χ0n) is 17.1. The Morgan fingerprint density at radius 1 is 1.04 bits per heavy atom. The Kier molecular flexibility index (Phi) is 8.91. The van der Waals surface area contributed by atoms with Gasteiger partial charge in [-0.25, -0.2) is 0 Å². The van der Waals surface area contributed by atoms with Gasteiger partial charge in [-0.15, -0.1) is 0 Å². The first-order chi connectivity index (χ1) is 12.6. The minimum absolute atomic E-state index is 0.901. The molecule has 2 heterocycles. The van der Waals surface area contributed by atoms with E-state index in [1.807, 2.05) is 14.0 Å². The van der Waals surface area contributed by atoms with E-state index in [0.29, 0.717) is 0 Å². The predicted octanol–water partition coefficient (Wildman–Crippen LogP) is 1.08. The van der Waals surface area contributed by atoms with Gasteiger partial charge in [0.25, 0.3) is 0 Å². The van der Waals surface area contributed by atoms with Gasteiger partial charge in [0.15, 0.2) is 5.96 Å². The molecular weight excluding hydrogens is 326 g/mol. The minimum Gasteiger partial charge on any atom is -0.356 e. The van der Waals surface area contributed by atoms with Crippen LogP contribution in [0.3, 0.4) is 0 Å². The molecule has 7 nitrogen and oxygen atoms in total. The molecule has 0 bridgehead atoms. The fourth-order valence-electron chi connectivity index (χ4n) is 3.30. The number of nitrogens with one attached hydrogen (secondary N) is 2. The third-order valence-corrected chi connectivity index (χ3v) is 4.96. The van der Waals surface area contributed by atoms with Gasteiger partial charge < -0.3 is 20.4 Å². The summed E-state index contributed by atoms with van der Waals surface area (Å²) in [6, 6.07) is 2.12. The number of piperazine rings is 1. The molecule has 1 aliphatic heterocycles. The summed E-state index contributed by atoms with van der Waals surface area (Å²) < 4.78 is 2.07. The second-order valence-electron chi connectivity index (χ2n) is 7.28. The van der Waals surface area contributed by atoms with Crippen LogP contribution in [0.2, 0.25) is 0 Å². The van der Waals surface area contributed by atoms with E-state index >= 15 is 0 Å². The summed E-state index contributed by atoms with van der Waals surface area (Å²) in [6.07, 6.45) is 3.45. The van der Waals surface area contributed by atoms with E-state index in [-0.39, 0.29) is 0 Å². The van der Waals surface area contributed by atoms with Crippen molar-refractivity contribution in [1.82, 2.24) is 30.2 Å². The van der Waals surface area contributed by atoms with Crippen molar-refractivity contribution in [2.75, 3.05) is 59.9 Å². The number of hydrogen-bond acceptors (Lipinski definition) is 4. The minimum atomic E-state index is 0.901. The molecular formula is C19H37N7. The summed E-state index contributed by atoms with van der Waals surface area (Å²) in [5, 5.41) is 11.3. The van der Waals surface area contributed by atoms with Crippen molar-refractivity contribution < 1.29 is 0 Å². The van der Waals surface area contributed by atoms with Crippen LogP contribution in [0.5, 0.6) is 0 Å². The van der Waals surface area contributed by atoms with Gasteiger partial charge in [0.05, 0.1) is 5.69 Å². The van der Waals surface area contributed by atoms with Gasteiger partial charge >= 0.3 is 0 Å². The summed E-state index contributed by atoms with van der Waals surface area (Å²) >= 11 is 0. The van der Waals surface area contributed by atoms with E-state index in [4.69, 9.17) is 0 Å². The Morgan fingerprint density at radius 3 is 2.35 bits per heavy atom. The van der Waals surface area contributed by atoms with Crippen molar-refractivity contribution in [2.45, 2.75) is 39.7 Å². The molecule has 1 aliphatic rings. The number of aliphatic imine (C=N–C) groups is 1. The highest BCUT2D eigenvalue weighted by molar-refractivity contribution is 5.79. The highest BCUT2D eigenvalue weighted by atomic mass is 15.3. The average molecular weight is 364 g/mol. The summed E-state index contributed by atoms with van der Waals surface area (Å²) in [6.45, 7) is 13.0. The van der Waals surface area contributed by atoms with Crippen molar-refractivity contribution in [3.05, 3.63) is 17.5 Å². The Balaban J connectivity index is 1.50. The molecule has 2 rings (SSSR count). The molecule has 2 N–H and O–H groups in total. The van der Waals surface area contributed by atoms with E-state index in [1.165, 1.54) is 51.3 Å². The third kappa shape index (κ3) is 7.33. The second kappa shape index (κ2) is 11.2. The Bertz CT molecular complexity index is 544. The number of nitrogens with zero attached hydrogens (tertiary/aromatic N) is 5. The van der Waals surface area contributed by atoms with Crippen molar-refractivity contribution in [3.8, 4) is 0 Å². The maximum Gasteiger partial charge on any atom is 0.190 e. The molecule has 148 valence electrons. The number of rotatable bonds is 9. The largest absolute Gasteiger partial charge is 0.356 e. The highest BCUT2D eigenvalue weighted by Gasteiger charge is 2.12. The van der Waals surface area contributed by atoms with E-state index in [1.54, 1.807) is 0 Å². The van der Waals surface area contributed by atoms with Crippen molar-refractivity contribution in [3.63, 3.8) is 0 Å². The van der Waals surface area contributed by atoms with Crippen molar-refractivity contribution in [2.24, 2.45) is 4.99 Å². The SMILES string of the molecule is CN=C(NCCCCN1CCN(C)CC1)NCCCn1nc(C)cc1C. The molecule has 1 aromatic heterocycles. The van der Waals surface area contributed by atoms with Crippen LogP contribution in [0.4, 0.5) is 0 Å². The molecule has 0 radical (unpaired) electrons. The lowest BCUT2D eigenvalue weighted by atomic mass is 10.2. The number of hydrogen-bond donors (Lipinski definition) is 2. The lowest BCUT2D eigenvalue weighted by molar-refractivity contribution is 0.152. The standard InChI is InChI=1S/C19H37N7/c1-17-16-18(2)26(23-17)11-7-9-22-19(20-3)21-8-5-6-10-25-14-12-24(4)13-15-25/h16H,5-15H2,1-4H3,(H2,20,21,22). The molecule has 0 amide bonds. The van der Waals surface area contributed by atoms with Crippen LogP contribution in [-0.2, 0) is 6.54 Å². The Labute approximate surface area is 158 Å². The fourth-order valence-corrected chi connectivity index (χ4v) is 3.30. The van der Waals surface area contributed by atoms with Crippen LogP contribution in [0, 0.1) is 13.8 Å². The number of guanidine groups is 1. The van der Waals surface area contributed by atoms with Gasteiger partial charge in [0, 0.05) is 58.6 Å². The molecule has 0 unspecified atom stereocenters. The molecule has 1 fully saturated rings. The summed E-state index contributed by atoms with van der Waals surface area (Å²) in [4.78, 5) is 9.29. The smallest absolute Gasteiger partial charge is 0.190 e. The van der Waals surface area contributed by atoms with Crippen LogP contribution < -0.4 is 10.6 Å².